The molecule has 3 N–H and O–H groups in total. The predicted octanol–water partition coefficient (Wildman–Crippen LogP) is 1.66. The lowest BCUT2D eigenvalue weighted by Gasteiger charge is -2.19. The molecule has 0 aliphatic heterocycles. The summed E-state index contributed by atoms with van der Waals surface area (Å²) >= 11 is 0. The summed E-state index contributed by atoms with van der Waals surface area (Å²) in [6, 6.07) is -0.0808. The molecule has 0 aromatic heterocycles. The predicted molar refractivity (Wildman–Crippen MR) is 82.7 cm³/mol. The SMILES string of the molecule is CCN(CC)CCCNC(=O)C(C)C(C)N.Cl.Cl. The van der Waals surface area contributed by atoms with Crippen LogP contribution in [0.2, 0.25) is 0 Å². The molecule has 0 saturated carbocycles. The highest BCUT2D eigenvalue weighted by Gasteiger charge is 2.15. The Kier molecular flexibility index (Phi) is 17.2. The molecule has 2 atom stereocenters. The fraction of sp³-hybridized carbons (Fsp3) is 0.917. The van der Waals surface area contributed by atoms with Crippen molar-refractivity contribution in [3.63, 3.8) is 0 Å². The molecular formula is C12H29Cl2N3O. The molecule has 0 fully saturated rings. The smallest absolute Gasteiger partial charge is 0.224 e. The van der Waals surface area contributed by atoms with Gasteiger partial charge < -0.3 is 16.0 Å². The van der Waals surface area contributed by atoms with Gasteiger partial charge in [-0.1, -0.05) is 20.8 Å². The lowest BCUT2D eigenvalue weighted by molar-refractivity contribution is -0.124. The molecule has 6 heteroatoms. The molecule has 0 aliphatic carbocycles. The van der Waals surface area contributed by atoms with E-state index in [1.54, 1.807) is 0 Å². The number of halogens is 2. The van der Waals surface area contributed by atoms with Crippen LogP contribution in [0.3, 0.4) is 0 Å². The monoisotopic (exact) mass is 301 g/mol. The van der Waals surface area contributed by atoms with Gasteiger partial charge in [-0.3, -0.25) is 4.79 Å². The minimum Gasteiger partial charge on any atom is -0.356 e. The second kappa shape index (κ2) is 13.4. The zero-order chi connectivity index (χ0) is 12.6. The van der Waals surface area contributed by atoms with Crippen LogP contribution in [0.4, 0.5) is 0 Å². The highest BCUT2D eigenvalue weighted by atomic mass is 35.5. The minimum atomic E-state index is -0.103. The van der Waals surface area contributed by atoms with Gasteiger partial charge in [0.05, 0.1) is 0 Å². The van der Waals surface area contributed by atoms with Crippen LogP contribution in [0.1, 0.15) is 34.1 Å². The van der Waals surface area contributed by atoms with E-state index in [-0.39, 0.29) is 42.7 Å². The normalized spacial score (nSPS) is 13.2. The van der Waals surface area contributed by atoms with Crippen molar-refractivity contribution >= 4 is 30.7 Å². The topological polar surface area (TPSA) is 58.4 Å². The zero-order valence-electron chi connectivity index (χ0n) is 11.9. The number of hydrogen-bond donors (Lipinski definition) is 2. The van der Waals surface area contributed by atoms with Gasteiger partial charge in [0, 0.05) is 18.5 Å². The lowest BCUT2D eigenvalue weighted by Crippen LogP contribution is -2.39. The molecule has 112 valence electrons. The fourth-order valence-corrected chi connectivity index (χ4v) is 1.45. The molecule has 0 aromatic rings. The van der Waals surface area contributed by atoms with Gasteiger partial charge in [0.1, 0.15) is 0 Å². The molecule has 1 amide bonds. The maximum atomic E-state index is 11.6. The van der Waals surface area contributed by atoms with E-state index in [2.05, 4.69) is 24.1 Å². The first kappa shape index (κ1) is 23.1. The van der Waals surface area contributed by atoms with Gasteiger partial charge in [-0.05, 0) is 33.0 Å². The van der Waals surface area contributed by atoms with E-state index < -0.39 is 0 Å². The van der Waals surface area contributed by atoms with E-state index in [0.29, 0.717) is 0 Å². The summed E-state index contributed by atoms with van der Waals surface area (Å²) in [5, 5.41) is 2.92. The Labute approximate surface area is 124 Å². The molecule has 0 rings (SSSR count). The molecule has 0 spiro atoms. The average Bonchev–Trinajstić information content (AvgIpc) is 2.27. The van der Waals surface area contributed by atoms with Crippen molar-refractivity contribution in [3.8, 4) is 0 Å². The zero-order valence-corrected chi connectivity index (χ0v) is 13.6. The van der Waals surface area contributed by atoms with Gasteiger partial charge in [-0.15, -0.1) is 24.8 Å². The summed E-state index contributed by atoms with van der Waals surface area (Å²) in [5.41, 5.74) is 5.66. The molecule has 0 saturated heterocycles. The summed E-state index contributed by atoms with van der Waals surface area (Å²) in [5.74, 6) is -0.0389. The van der Waals surface area contributed by atoms with Crippen molar-refractivity contribution in [1.82, 2.24) is 10.2 Å². The van der Waals surface area contributed by atoms with E-state index in [1.807, 2.05) is 13.8 Å². The highest BCUT2D eigenvalue weighted by molar-refractivity contribution is 5.85. The van der Waals surface area contributed by atoms with Crippen LogP contribution in [-0.4, -0.2) is 43.0 Å². The van der Waals surface area contributed by atoms with E-state index in [9.17, 15) is 4.79 Å². The van der Waals surface area contributed by atoms with Crippen LogP contribution >= 0.6 is 24.8 Å². The number of nitrogens with two attached hydrogens (primary N) is 1. The molecular weight excluding hydrogens is 273 g/mol. The van der Waals surface area contributed by atoms with Crippen molar-refractivity contribution in [2.24, 2.45) is 11.7 Å². The van der Waals surface area contributed by atoms with Gasteiger partial charge in [0.15, 0.2) is 0 Å². The number of hydrogen-bond acceptors (Lipinski definition) is 3. The van der Waals surface area contributed by atoms with Crippen LogP contribution in [0.25, 0.3) is 0 Å². The maximum Gasteiger partial charge on any atom is 0.224 e. The Morgan fingerprint density at radius 1 is 1.22 bits per heavy atom. The summed E-state index contributed by atoms with van der Waals surface area (Å²) in [6.07, 6.45) is 0.999. The number of amides is 1. The number of carbonyl (C=O) groups excluding carboxylic acids is 1. The summed E-state index contributed by atoms with van der Waals surface area (Å²) < 4.78 is 0. The summed E-state index contributed by atoms with van der Waals surface area (Å²) in [7, 11) is 0. The van der Waals surface area contributed by atoms with Crippen LogP contribution in [-0.2, 0) is 4.79 Å². The van der Waals surface area contributed by atoms with Gasteiger partial charge in [-0.2, -0.15) is 0 Å². The van der Waals surface area contributed by atoms with Crippen LogP contribution in [0, 0.1) is 5.92 Å². The van der Waals surface area contributed by atoms with Crippen LogP contribution < -0.4 is 11.1 Å². The lowest BCUT2D eigenvalue weighted by atomic mass is 10.0. The molecule has 18 heavy (non-hydrogen) atoms. The van der Waals surface area contributed by atoms with Gasteiger partial charge in [-0.25, -0.2) is 0 Å². The Balaban J connectivity index is -0.00000112. The summed E-state index contributed by atoms with van der Waals surface area (Å²) in [4.78, 5) is 13.9. The van der Waals surface area contributed by atoms with E-state index in [1.165, 1.54) is 0 Å². The maximum absolute atomic E-state index is 11.6. The largest absolute Gasteiger partial charge is 0.356 e. The Bertz CT molecular complexity index is 200. The molecule has 0 radical (unpaired) electrons. The second-order valence-corrected chi connectivity index (χ2v) is 4.32. The number of carbonyl (C=O) groups is 1. The second-order valence-electron chi connectivity index (χ2n) is 4.32. The standard InChI is InChI=1S/C12H27N3O.2ClH/c1-5-15(6-2)9-7-8-14-12(16)10(3)11(4)13;;/h10-11H,5-9,13H2,1-4H3,(H,14,16);2*1H. The van der Waals surface area contributed by atoms with Crippen molar-refractivity contribution < 1.29 is 4.79 Å². The van der Waals surface area contributed by atoms with Gasteiger partial charge in [0.2, 0.25) is 5.91 Å². The Morgan fingerprint density at radius 2 is 1.72 bits per heavy atom. The average molecular weight is 302 g/mol. The Hall–Kier alpha value is -0.0300. The fourth-order valence-electron chi connectivity index (χ4n) is 1.45. The number of nitrogens with zero attached hydrogens (tertiary/aromatic N) is 1. The quantitative estimate of drug-likeness (QED) is 0.671. The van der Waals surface area contributed by atoms with E-state index >= 15 is 0 Å². The Morgan fingerprint density at radius 3 is 2.11 bits per heavy atom. The first-order valence-corrected chi connectivity index (χ1v) is 6.28. The molecule has 0 bridgehead atoms. The first-order chi connectivity index (χ1) is 7.52. The number of nitrogens with one attached hydrogen (secondary N) is 1. The highest BCUT2D eigenvalue weighted by Crippen LogP contribution is 1.99. The third-order valence-corrected chi connectivity index (χ3v) is 3.05. The molecule has 0 aromatic carbocycles. The van der Waals surface area contributed by atoms with Crippen molar-refractivity contribution in [2.75, 3.05) is 26.2 Å². The molecule has 2 unspecified atom stereocenters. The van der Waals surface area contributed by atoms with E-state index in [4.69, 9.17) is 5.73 Å². The van der Waals surface area contributed by atoms with Crippen molar-refractivity contribution in [1.29, 1.82) is 0 Å². The molecule has 0 aliphatic rings. The number of rotatable bonds is 8. The third-order valence-electron chi connectivity index (χ3n) is 3.05. The molecule has 0 heterocycles. The third kappa shape index (κ3) is 9.95. The first-order valence-electron chi connectivity index (χ1n) is 6.28. The summed E-state index contributed by atoms with van der Waals surface area (Å²) in [6.45, 7) is 12.0. The van der Waals surface area contributed by atoms with Crippen LogP contribution in [0.5, 0.6) is 0 Å². The van der Waals surface area contributed by atoms with E-state index in [0.717, 1.165) is 32.6 Å². The van der Waals surface area contributed by atoms with Crippen LogP contribution in [0.15, 0.2) is 0 Å². The minimum absolute atomic E-state index is 0. The van der Waals surface area contributed by atoms with Crippen molar-refractivity contribution in [3.05, 3.63) is 0 Å². The van der Waals surface area contributed by atoms with Gasteiger partial charge >= 0.3 is 0 Å². The van der Waals surface area contributed by atoms with Gasteiger partial charge in [0.25, 0.3) is 0 Å². The molecule has 4 nitrogen and oxygen atoms in total. The van der Waals surface area contributed by atoms with Crippen molar-refractivity contribution in [2.45, 2.75) is 40.2 Å².